The first-order valence-electron chi connectivity index (χ1n) is 12.5. The van der Waals surface area contributed by atoms with E-state index in [0.29, 0.717) is 43.0 Å². The molecule has 0 saturated carbocycles. The molecule has 2 aliphatic heterocycles. The van der Waals surface area contributed by atoms with Crippen molar-refractivity contribution in [2.24, 2.45) is 5.73 Å². The van der Waals surface area contributed by atoms with Gasteiger partial charge in [-0.15, -0.1) is 0 Å². The van der Waals surface area contributed by atoms with Crippen LogP contribution in [0.1, 0.15) is 33.5 Å². The lowest BCUT2D eigenvalue weighted by atomic mass is 10.0. The maximum Gasteiger partial charge on any atom is 0.260 e. The van der Waals surface area contributed by atoms with Crippen molar-refractivity contribution in [2.45, 2.75) is 51.5 Å². The number of hydrogen-bond donors (Lipinski definition) is 1. The second-order valence-corrected chi connectivity index (χ2v) is 16.4. The van der Waals surface area contributed by atoms with Crippen LogP contribution >= 0.6 is 0 Å². The zero-order valence-corrected chi connectivity index (χ0v) is 23.0. The quantitative estimate of drug-likeness (QED) is 0.401. The van der Waals surface area contributed by atoms with Crippen molar-refractivity contribution in [1.82, 2.24) is 4.90 Å². The molecule has 4 rings (SSSR count). The van der Waals surface area contributed by atoms with E-state index in [4.69, 9.17) is 15.2 Å². The van der Waals surface area contributed by atoms with Gasteiger partial charge < -0.3 is 20.1 Å². The number of nitrogens with zero attached hydrogens (tertiary/aromatic N) is 2. The van der Waals surface area contributed by atoms with Gasteiger partial charge in [0.15, 0.2) is 0 Å². The minimum atomic E-state index is -1.29. The van der Waals surface area contributed by atoms with Crippen molar-refractivity contribution < 1.29 is 19.1 Å². The van der Waals surface area contributed by atoms with Gasteiger partial charge >= 0.3 is 0 Å². The average Bonchev–Trinajstić information content (AvgIpc) is 3.26. The first-order valence-corrected chi connectivity index (χ1v) is 16.2. The van der Waals surface area contributed by atoms with E-state index in [1.54, 1.807) is 23.0 Å². The molecule has 0 aliphatic carbocycles. The molecule has 2 N–H and O–H groups in total. The monoisotopic (exact) mass is 507 g/mol. The van der Waals surface area contributed by atoms with Gasteiger partial charge in [0.1, 0.15) is 18.5 Å². The van der Waals surface area contributed by atoms with Crippen molar-refractivity contribution in [1.29, 1.82) is 0 Å². The summed E-state index contributed by atoms with van der Waals surface area (Å²) in [5, 5.41) is 0. The standard InChI is InChI=1S/C28H37N3O4Si/c1-19-6-8-20(9-7-19)22-15-25-28(33)31(18-35-12-13-36(3,4)5)24-14-21(10-11-29)26(34-2)16-23(24)27(32)30(25)17-22/h6-9,14,16-17,25H,10-13,15,18,29H2,1-5H3. The van der Waals surface area contributed by atoms with Gasteiger partial charge in [-0.2, -0.15) is 0 Å². The maximum atomic E-state index is 14.0. The molecular weight excluding hydrogens is 470 g/mol. The van der Waals surface area contributed by atoms with E-state index in [1.165, 1.54) is 0 Å². The van der Waals surface area contributed by atoms with Gasteiger partial charge in [-0.25, -0.2) is 0 Å². The molecule has 7 nitrogen and oxygen atoms in total. The molecule has 0 radical (unpaired) electrons. The number of hydrogen-bond acceptors (Lipinski definition) is 5. The zero-order valence-electron chi connectivity index (χ0n) is 22.0. The lowest BCUT2D eigenvalue weighted by Gasteiger charge is -2.27. The number of fused-ring (bicyclic) bond motifs is 2. The normalized spacial score (nSPS) is 17.6. The number of ether oxygens (including phenoxy) is 2. The van der Waals surface area contributed by atoms with Gasteiger partial charge in [-0.05, 0) is 54.8 Å². The minimum Gasteiger partial charge on any atom is -0.496 e. The number of methoxy groups -OCH3 is 1. The fourth-order valence-electron chi connectivity index (χ4n) is 4.64. The molecule has 0 saturated heterocycles. The average molecular weight is 508 g/mol. The number of carbonyl (C=O) groups excluding carboxylic acids is 2. The lowest BCUT2D eigenvalue weighted by Crippen LogP contribution is -2.45. The van der Waals surface area contributed by atoms with E-state index in [0.717, 1.165) is 28.3 Å². The van der Waals surface area contributed by atoms with Gasteiger partial charge in [0.2, 0.25) is 0 Å². The number of amides is 2. The second kappa shape index (κ2) is 10.6. The van der Waals surface area contributed by atoms with Crippen molar-refractivity contribution in [3.05, 3.63) is 64.9 Å². The SMILES string of the molecule is COc1cc2c(cc1CCN)N(COCC[Si](C)(C)C)C(=O)C1CC(c3ccc(C)cc3)=CN1C2=O. The molecule has 192 valence electrons. The summed E-state index contributed by atoms with van der Waals surface area (Å²) < 4.78 is 11.6. The van der Waals surface area contributed by atoms with Crippen LogP contribution in [-0.4, -0.2) is 57.8 Å². The third-order valence-electron chi connectivity index (χ3n) is 6.80. The Kier molecular flexibility index (Phi) is 7.68. The van der Waals surface area contributed by atoms with E-state index >= 15 is 0 Å². The van der Waals surface area contributed by atoms with Crippen LogP contribution in [0.4, 0.5) is 5.69 Å². The Labute approximate surface area is 214 Å². The molecule has 2 aromatic carbocycles. The van der Waals surface area contributed by atoms with Crippen molar-refractivity contribution in [3.63, 3.8) is 0 Å². The van der Waals surface area contributed by atoms with E-state index in [2.05, 4.69) is 19.6 Å². The van der Waals surface area contributed by atoms with Gasteiger partial charge in [0.05, 0.1) is 18.4 Å². The summed E-state index contributed by atoms with van der Waals surface area (Å²) in [6, 6.07) is 12.1. The Morgan fingerprint density at radius 2 is 1.83 bits per heavy atom. The van der Waals surface area contributed by atoms with Crippen LogP contribution in [0.2, 0.25) is 25.7 Å². The molecule has 0 spiro atoms. The molecule has 0 fully saturated rings. The largest absolute Gasteiger partial charge is 0.496 e. The van der Waals surface area contributed by atoms with Crippen LogP contribution in [0, 0.1) is 6.92 Å². The highest BCUT2D eigenvalue weighted by Gasteiger charge is 2.43. The summed E-state index contributed by atoms with van der Waals surface area (Å²) in [6.45, 7) is 10.0. The van der Waals surface area contributed by atoms with Crippen molar-refractivity contribution >= 4 is 31.1 Å². The predicted molar refractivity (Wildman–Crippen MR) is 146 cm³/mol. The fraction of sp³-hybridized carbons (Fsp3) is 0.429. The number of benzene rings is 2. The number of aryl methyl sites for hydroxylation is 1. The molecule has 0 bridgehead atoms. The second-order valence-electron chi connectivity index (χ2n) is 10.8. The first kappa shape index (κ1) is 26.1. The highest BCUT2D eigenvalue weighted by molar-refractivity contribution is 6.76. The van der Waals surface area contributed by atoms with Crippen molar-refractivity contribution in [3.8, 4) is 5.75 Å². The summed E-state index contributed by atoms with van der Waals surface area (Å²) in [4.78, 5) is 31.0. The maximum absolute atomic E-state index is 14.0. The highest BCUT2D eigenvalue weighted by Crippen LogP contribution is 2.39. The van der Waals surface area contributed by atoms with Gasteiger partial charge in [0.25, 0.3) is 11.8 Å². The molecule has 2 aliphatic rings. The smallest absolute Gasteiger partial charge is 0.260 e. The van der Waals surface area contributed by atoms with E-state index < -0.39 is 14.1 Å². The zero-order chi connectivity index (χ0) is 26.0. The molecule has 1 unspecified atom stereocenters. The third kappa shape index (κ3) is 5.40. The molecule has 8 heteroatoms. The van der Waals surface area contributed by atoms with Crippen LogP contribution in [0.15, 0.2) is 42.6 Å². The molecule has 36 heavy (non-hydrogen) atoms. The Morgan fingerprint density at radius 1 is 1.11 bits per heavy atom. The molecule has 2 amide bonds. The Morgan fingerprint density at radius 3 is 2.47 bits per heavy atom. The fourth-order valence-corrected chi connectivity index (χ4v) is 5.39. The van der Waals surface area contributed by atoms with Gasteiger partial charge in [-0.3, -0.25) is 14.5 Å². The van der Waals surface area contributed by atoms with E-state index in [1.807, 2.05) is 43.5 Å². The van der Waals surface area contributed by atoms with Gasteiger partial charge in [0, 0.05) is 27.3 Å². The molecular formula is C28H37N3O4Si. The Balaban J connectivity index is 1.73. The molecule has 2 aromatic rings. The highest BCUT2D eigenvalue weighted by atomic mass is 28.3. The molecule has 2 heterocycles. The number of nitrogens with two attached hydrogens (primary N) is 1. The Bertz CT molecular complexity index is 1170. The minimum absolute atomic E-state index is 0.0994. The number of rotatable bonds is 9. The van der Waals surface area contributed by atoms with Gasteiger partial charge in [-0.1, -0.05) is 49.5 Å². The molecule has 1 atom stereocenters. The third-order valence-corrected chi connectivity index (χ3v) is 8.51. The molecule has 0 aromatic heterocycles. The summed E-state index contributed by atoms with van der Waals surface area (Å²) in [7, 11) is 0.295. The predicted octanol–water partition coefficient (Wildman–Crippen LogP) is 4.42. The van der Waals surface area contributed by atoms with Crippen LogP contribution in [0.3, 0.4) is 0 Å². The van der Waals surface area contributed by atoms with E-state index in [-0.39, 0.29) is 18.5 Å². The number of carbonyl (C=O) groups is 2. The first-order chi connectivity index (χ1) is 17.1. The van der Waals surface area contributed by atoms with Crippen LogP contribution < -0.4 is 15.4 Å². The summed E-state index contributed by atoms with van der Waals surface area (Å²) in [6.07, 6.45) is 2.86. The lowest BCUT2D eigenvalue weighted by molar-refractivity contribution is -0.122. The Hall–Kier alpha value is -2.94. The number of anilines is 1. The van der Waals surface area contributed by atoms with Crippen LogP contribution in [-0.2, 0) is 16.0 Å². The van der Waals surface area contributed by atoms with Crippen molar-refractivity contribution in [2.75, 3.05) is 31.9 Å². The van der Waals surface area contributed by atoms with Crippen LogP contribution in [0.5, 0.6) is 5.75 Å². The van der Waals surface area contributed by atoms with Crippen LogP contribution in [0.25, 0.3) is 5.57 Å². The summed E-state index contributed by atoms with van der Waals surface area (Å²) in [5.41, 5.74) is 10.8. The summed E-state index contributed by atoms with van der Waals surface area (Å²) >= 11 is 0. The van der Waals surface area contributed by atoms with E-state index in [9.17, 15) is 9.59 Å². The topological polar surface area (TPSA) is 85.1 Å². The summed E-state index contributed by atoms with van der Waals surface area (Å²) in [5.74, 6) is 0.241.